The summed E-state index contributed by atoms with van der Waals surface area (Å²) in [7, 11) is 0. The number of hydrogen-bond acceptors (Lipinski definition) is 0. The second-order valence-corrected chi connectivity index (χ2v) is 3.28. The molecule has 0 spiro atoms. The monoisotopic (exact) mass is 138 g/mol. The fourth-order valence-electron chi connectivity index (χ4n) is 2.08. The highest BCUT2D eigenvalue weighted by Gasteiger charge is 2.18. The Labute approximate surface area is 64.3 Å². The Morgan fingerprint density at radius 2 is 2.00 bits per heavy atom. The normalized spacial score (nSPS) is 26.1. The van der Waals surface area contributed by atoms with Crippen LogP contribution in [0.3, 0.4) is 0 Å². The molecule has 0 heterocycles. The van der Waals surface area contributed by atoms with Crippen molar-refractivity contribution in [1.82, 2.24) is 0 Å². The minimum Gasteiger partial charge on any atom is -0.0710 e. The maximum atomic E-state index is 2.36. The molecule has 1 aliphatic rings. The summed E-state index contributed by atoms with van der Waals surface area (Å²) in [4.78, 5) is 0. The van der Waals surface area contributed by atoms with Crippen LogP contribution in [0.1, 0.15) is 46.5 Å². The summed E-state index contributed by atoms with van der Waals surface area (Å²) >= 11 is 0. The number of hydrogen-bond donors (Lipinski definition) is 0. The van der Waals surface area contributed by atoms with Gasteiger partial charge in [-0.2, -0.15) is 0 Å². The quantitative estimate of drug-likeness (QED) is 0.512. The van der Waals surface area contributed by atoms with Crippen molar-refractivity contribution < 1.29 is 0 Å². The third kappa shape index (κ3) is 1.25. The Kier molecular flexibility index (Phi) is 2.53. The fourth-order valence-corrected chi connectivity index (χ4v) is 2.08. The molecule has 10 heavy (non-hydrogen) atoms. The van der Waals surface area contributed by atoms with Crippen LogP contribution in [0.5, 0.6) is 0 Å². The zero-order valence-corrected chi connectivity index (χ0v) is 7.41. The van der Waals surface area contributed by atoms with Crippen LogP contribution in [0.25, 0.3) is 0 Å². The van der Waals surface area contributed by atoms with E-state index in [9.17, 15) is 0 Å². The molecule has 0 aromatic heterocycles. The fraction of sp³-hybridized carbons (Fsp3) is 0.800. The van der Waals surface area contributed by atoms with Crippen molar-refractivity contribution in [3.63, 3.8) is 0 Å². The van der Waals surface area contributed by atoms with E-state index in [4.69, 9.17) is 0 Å². The van der Waals surface area contributed by atoms with Gasteiger partial charge in [0, 0.05) is 0 Å². The van der Waals surface area contributed by atoms with Crippen molar-refractivity contribution in [1.29, 1.82) is 0 Å². The summed E-state index contributed by atoms with van der Waals surface area (Å²) in [6.45, 7) is 6.93. The predicted molar refractivity (Wildman–Crippen MR) is 46.0 cm³/mol. The molecule has 0 aromatic carbocycles. The molecule has 1 aliphatic carbocycles. The smallest absolute Gasteiger partial charge is 0.0226 e. The molecule has 0 saturated carbocycles. The van der Waals surface area contributed by atoms with Gasteiger partial charge >= 0.3 is 0 Å². The Hall–Kier alpha value is -0.260. The summed E-state index contributed by atoms with van der Waals surface area (Å²) in [5.74, 6) is 0.889. The molecule has 0 radical (unpaired) electrons. The molecule has 0 aliphatic heterocycles. The zero-order chi connectivity index (χ0) is 7.56. The van der Waals surface area contributed by atoms with Crippen molar-refractivity contribution in [2.24, 2.45) is 5.92 Å². The van der Waals surface area contributed by atoms with E-state index in [0.717, 1.165) is 5.92 Å². The first-order valence-corrected chi connectivity index (χ1v) is 4.50. The van der Waals surface area contributed by atoms with E-state index in [1.807, 2.05) is 0 Å². The minimum absolute atomic E-state index is 0.889. The SMILES string of the molecule is CCC1=C(CC)C(C)CC1. The summed E-state index contributed by atoms with van der Waals surface area (Å²) < 4.78 is 0. The van der Waals surface area contributed by atoms with Gasteiger partial charge in [-0.3, -0.25) is 0 Å². The Bertz CT molecular complexity index is 142. The lowest BCUT2D eigenvalue weighted by Crippen LogP contribution is -1.91. The average Bonchev–Trinajstić information content (AvgIpc) is 2.30. The van der Waals surface area contributed by atoms with Gasteiger partial charge in [0.15, 0.2) is 0 Å². The third-order valence-corrected chi connectivity index (χ3v) is 2.74. The van der Waals surface area contributed by atoms with E-state index >= 15 is 0 Å². The molecule has 0 saturated heterocycles. The highest BCUT2D eigenvalue weighted by molar-refractivity contribution is 5.21. The van der Waals surface area contributed by atoms with E-state index in [1.165, 1.54) is 25.7 Å². The van der Waals surface area contributed by atoms with E-state index in [0.29, 0.717) is 0 Å². The van der Waals surface area contributed by atoms with Crippen molar-refractivity contribution >= 4 is 0 Å². The van der Waals surface area contributed by atoms with E-state index in [-0.39, 0.29) is 0 Å². The lowest BCUT2D eigenvalue weighted by Gasteiger charge is -2.06. The maximum absolute atomic E-state index is 2.36. The van der Waals surface area contributed by atoms with Crippen molar-refractivity contribution in [3.8, 4) is 0 Å². The standard InChI is InChI=1S/C10H18/c1-4-9-7-6-8(3)10(9)5-2/h8H,4-7H2,1-3H3. The molecule has 1 atom stereocenters. The highest BCUT2D eigenvalue weighted by atomic mass is 14.2. The lowest BCUT2D eigenvalue weighted by molar-refractivity contribution is 0.651. The van der Waals surface area contributed by atoms with Crippen LogP contribution in [0.4, 0.5) is 0 Å². The third-order valence-electron chi connectivity index (χ3n) is 2.74. The second-order valence-electron chi connectivity index (χ2n) is 3.28. The molecule has 0 amide bonds. The topological polar surface area (TPSA) is 0 Å². The molecule has 1 rings (SSSR count). The van der Waals surface area contributed by atoms with Gasteiger partial charge in [-0.25, -0.2) is 0 Å². The first kappa shape index (κ1) is 7.84. The lowest BCUT2D eigenvalue weighted by atomic mass is 10.00. The van der Waals surface area contributed by atoms with Gasteiger partial charge in [0.1, 0.15) is 0 Å². The molecule has 0 aromatic rings. The van der Waals surface area contributed by atoms with E-state index < -0.39 is 0 Å². The zero-order valence-electron chi connectivity index (χ0n) is 7.41. The second kappa shape index (κ2) is 3.23. The van der Waals surface area contributed by atoms with E-state index in [1.54, 1.807) is 11.1 Å². The summed E-state index contributed by atoms with van der Waals surface area (Å²) in [5.41, 5.74) is 3.50. The van der Waals surface area contributed by atoms with Crippen LogP contribution >= 0.6 is 0 Å². The first-order chi connectivity index (χ1) is 4.79. The maximum Gasteiger partial charge on any atom is -0.0226 e. The number of rotatable bonds is 2. The largest absolute Gasteiger partial charge is 0.0710 e. The molecule has 0 N–H and O–H groups in total. The molecule has 58 valence electrons. The summed E-state index contributed by atoms with van der Waals surface area (Å²) in [6.07, 6.45) is 5.35. The van der Waals surface area contributed by atoms with Gasteiger partial charge in [0.25, 0.3) is 0 Å². The van der Waals surface area contributed by atoms with E-state index in [2.05, 4.69) is 20.8 Å². The van der Waals surface area contributed by atoms with Gasteiger partial charge in [-0.05, 0) is 31.6 Å². The Balaban J connectivity index is 2.71. The van der Waals surface area contributed by atoms with Crippen LogP contribution < -0.4 is 0 Å². The van der Waals surface area contributed by atoms with Crippen LogP contribution in [-0.2, 0) is 0 Å². The number of allylic oxidation sites excluding steroid dienone is 2. The van der Waals surface area contributed by atoms with Crippen LogP contribution in [0, 0.1) is 5.92 Å². The van der Waals surface area contributed by atoms with Gasteiger partial charge in [-0.15, -0.1) is 0 Å². The molecular formula is C10H18. The molecule has 0 nitrogen and oxygen atoms in total. The highest BCUT2D eigenvalue weighted by Crippen LogP contribution is 2.34. The van der Waals surface area contributed by atoms with Gasteiger partial charge < -0.3 is 0 Å². The molecule has 0 bridgehead atoms. The molecule has 0 heteroatoms. The van der Waals surface area contributed by atoms with Crippen molar-refractivity contribution in [2.75, 3.05) is 0 Å². The molecular weight excluding hydrogens is 120 g/mol. The van der Waals surface area contributed by atoms with Gasteiger partial charge in [0.05, 0.1) is 0 Å². The molecule has 1 unspecified atom stereocenters. The van der Waals surface area contributed by atoms with Gasteiger partial charge in [0.2, 0.25) is 0 Å². The Morgan fingerprint density at radius 1 is 1.30 bits per heavy atom. The van der Waals surface area contributed by atoms with Crippen molar-refractivity contribution in [2.45, 2.75) is 46.5 Å². The summed E-state index contributed by atoms with van der Waals surface area (Å²) in [6, 6.07) is 0. The molecule has 0 fully saturated rings. The Morgan fingerprint density at radius 3 is 2.40 bits per heavy atom. The average molecular weight is 138 g/mol. The van der Waals surface area contributed by atoms with Gasteiger partial charge in [-0.1, -0.05) is 31.9 Å². The van der Waals surface area contributed by atoms with Crippen molar-refractivity contribution in [3.05, 3.63) is 11.1 Å². The first-order valence-electron chi connectivity index (χ1n) is 4.50. The van der Waals surface area contributed by atoms with Crippen LogP contribution in [0.2, 0.25) is 0 Å². The summed E-state index contributed by atoms with van der Waals surface area (Å²) in [5, 5.41) is 0. The van der Waals surface area contributed by atoms with Crippen LogP contribution in [0.15, 0.2) is 11.1 Å². The van der Waals surface area contributed by atoms with Crippen LogP contribution in [-0.4, -0.2) is 0 Å². The minimum atomic E-state index is 0.889. The predicted octanol–water partition coefficient (Wildman–Crippen LogP) is 3.53.